The molecule has 0 radical (unpaired) electrons. The number of hydrogen-bond acceptors (Lipinski definition) is 6. The molecule has 8 aromatic rings. The van der Waals surface area contributed by atoms with Gasteiger partial charge in [0.05, 0.1) is 11.4 Å². The lowest BCUT2D eigenvalue weighted by Gasteiger charge is -2.12. The molecule has 8 rings (SSSR count). The van der Waals surface area contributed by atoms with E-state index in [9.17, 15) is 0 Å². The van der Waals surface area contributed by atoms with Gasteiger partial charge < -0.3 is 0 Å². The molecule has 0 aliphatic carbocycles. The third kappa shape index (κ3) is 6.48. The van der Waals surface area contributed by atoms with Gasteiger partial charge in [-0.1, -0.05) is 115 Å². The minimum Gasteiger partial charge on any atom is -0.248 e. The summed E-state index contributed by atoms with van der Waals surface area (Å²) < 4.78 is 0. The Bertz CT molecular complexity index is 2300. The summed E-state index contributed by atoms with van der Waals surface area (Å²) in [6.45, 7) is 2.11. The summed E-state index contributed by atoms with van der Waals surface area (Å²) in [5.41, 5.74) is 10.8. The van der Waals surface area contributed by atoms with E-state index < -0.39 is 0 Å². The van der Waals surface area contributed by atoms with Crippen molar-refractivity contribution < 1.29 is 0 Å². The molecule has 0 atom stereocenters. The molecule has 0 aliphatic rings. The average Bonchev–Trinajstić information content (AvgIpc) is 3.19. The van der Waals surface area contributed by atoms with Crippen LogP contribution in [0.15, 0.2) is 164 Å². The third-order valence-electron chi connectivity index (χ3n) is 8.27. The van der Waals surface area contributed by atoms with Crippen LogP contribution < -0.4 is 0 Å². The summed E-state index contributed by atoms with van der Waals surface area (Å²) in [5.74, 6) is 2.41. The Labute approximate surface area is 285 Å². The SMILES string of the molecule is Cc1cc(-c2ccccc2)nc(-c2ccc(-c3cc(-c4ncccn4)cc(-c4nc(-c5ccccc5)nc(-c5ccccc5)n4)c3)cc2)c1. The molecular weight excluding hydrogens is 601 g/mol. The monoisotopic (exact) mass is 630 g/mol. The van der Waals surface area contributed by atoms with Crippen molar-refractivity contribution in [3.63, 3.8) is 0 Å². The largest absolute Gasteiger partial charge is 0.248 e. The summed E-state index contributed by atoms with van der Waals surface area (Å²) in [6, 6.07) is 51.2. The van der Waals surface area contributed by atoms with Gasteiger partial charge in [0.2, 0.25) is 0 Å². The Morgan fingerprint density at radius 1 is 0.306 bits per heavy atom. The van der Waals surface area contributed by atoms with E-state index in [1.54, 1.807) is 12.4 Å². The van der Waals surface area contributed by atoms with E-state index in [-0.39, 0.29) is 0 Å². The van der Waals surface area contributed by atoms with E-state index in [1.807, 2.05) is 91.0 Å². The number of aromatic nitrogens is 6. The van der Waals surface area contributed by atoms with Crippen LogP contribution in [0.3, 0.4) is 0 Å². The van der Waals surface area contributed by atoms with Crippen molar-refractivity contribution in [1.29, 1.82) is 0 Å². The molecule has 49 heavy (non-hydrogen) atoms. The average molecular weight is 631 g/mol. The zero-order valence-electron chi connectivity index (χ0n) is 26.8. The van der Waals surface area contributed by atoms with Crippen molar-refractivity contribution in [2.75, 3.05) is 0 Å². The zero-order valence-corrected chi connectivity index (χ0v) is 26.8. The van der Waals surface area contributed by atoms with E-state index in [2.05, 4.69) is 77.6 Å². The number of aryl methyl sites for hydroxylation is 1. The lowest BCUT2D eigenvalue weighted by molar-refractivity contribution is 1.07. The molecule has 0 saturated heterocycles. The molecule has 232 valence electrons. The summed E-state index contributed by atoms with van der Waals surface area (Å²) in [7, 11) is 0. The number of benzene rings is 5. The highest BCUT2D eigenvalue weighted by atomic mass is 15.0. The number of hydrogen-bond donors (Lipinski definition) is 0. The van der Waals surface area contributed by atoms with Gasteiger partial charge >= 0.3 is 0 Å². The summed E-state index contributed by atoms with van der Waals surface area (Å²) in [6.07, 6.45) is 3.51. The van der Waals surface area contributed by atoms with Crippen LogP contribution in [0.1, 0.15) is 5.56 Å². The van der Waals surface area contributed by atoms with Crippen LogP contribution in [0.25, 0.3) is 79.2 Å². The topological polar surface area (TPSA) is 77.3 Å². The Hall–Kier alpha value is -6.66. The van der Waals surface area contributed by atoms with Gasteiger partial charge in [-0.15, -0.1) is 0 Å². The maximum Gasteiger partial charge on any atom is 0.164 e. The second-order valence-corrected chi connectivity index (χ2v) is 11.8. The lowest BCUT2D eigenvalue weighted by Crippen LogP contribution is -2.00. The molecule has 0 aliphatic heterocycles. The van der Waals surface area contributed by atoms with Gasteiger partial charge in [0, 0.05) is 45.8 Å². The van der Waals surface area contributed by atoms with Gasteiger partial charge in [-0.3, -0.25) is 0 Å². The zero-order chi connectivity index (χ0) is 33.0. The Morgan fingerprint density at radius 2 is 0.714 bits per heavy atom. The fraction of sp³-hybridized carbons (Fsp3) is 0.0233. The standard InChI is InChI=1S/C43H30N6/c1-29-24-38(31-12-5-2-6-13-31)46-39(25-29)32-20-18-30(19-21-32)35-26-36(40-44-22-11-23-45-40)28-37(27-35)43-48-41(33-14-7-3-8-15-33)47-42(49-43)34-16-9-4-10-17-34/h2-28H,1H3. The molecule has 6 heteroatoms. The maximum atomic E-state index is 5.01. The minimum atomic E-state index is 0.570. The normalized spacial score (nSPS) is 11.0. The third-order valence-corrected chi connectivity index (χ3v) is 8.27. The predicted molar refractivity (Wildman–Crippen MR) is 196 cm³/mol. The first-order chi connectivity index (χ1) is 24.2. The first-order valence-electron chi connectivity index (χ1n) is 16.1. The summed E-state index contributed by atoms with van der Waals surface area (Å²) in [4.78, 5) is 29.0. The lowest BCUT2D eigenvalue weighted by atomic mass is 9.97. The molecule has 0 fully saturated rings. The molecule has 0 spiro atoms. The Balaban J connectivity index is 1.24. The molecule has 5 aromatic carbocycles. The number of pyridine rings is 1. The van der Waals surface area contributed by atoms with Crippen LogP contribution in [0.4, 0.5) is 0 Å². The van der Waals surface area contributed by atoms with Crippen molar-refractivity contribution in [3.05, 3.63) is 170 Å². The van der Waals surface area contributed by atoms with Crippen molar-refractivity contribution in [2.45, 2.75) is 6.92 Å². The molecule has 6 nitrogen and oxygen atoms in total. The van der Waals surface area contributed by atoms with Crippen LogP contribution in [0, 0.1) is 6.92 Å². The van der Waals surface area contributed by atoms with Crippen LogP contribution in [0.5, 0.6) is 0 Å². The summed E-state index contributed by atoms with van der Waals surface area (Å²) >= 11 is 0. The Morgan fingerprint density at radius 3 is 1.24 bits per heavy atom. The van der Waals surface area contributed by atoms with Crippen molar-refractivity contribution in [1.82, 2.24) is 29.9 Å². The molecule has 0 N–H and O–H groups in total. The van der Waals surface area contributed by atoms with Gasteiger partial charge in [0.25, 0.3) is 0 Å². The van der Waals surface area contributed by atoms with Crippen LogP contribution >= 0.6 is 0 Å². The highest BCUT2D eigenvalue weighted by Crippen LogP contribution is 2.33. The van der Waals surface area contributed by atoms with Gasteiger partial charge in [-0.05, 0) is 60.0 Å². The van der Waals surface area contributed by atoms with Gasteiger partial charge in [-0.25, -0.2) is 29.9 Å². The van der Waals surface area contributed by atoms with Crippen LogP contribution in [-0.2, 0) is 0 Å². The van der Waals surface area contributed by atoms with Crippen molar-refractivity contribution >= 4 is 0 Å². The molecule has 3 heterocycles. The molecule has 0 bridgehead atoms. The molecule has 3 aromatic heterocycles. The van der Waals surface area contributed by atoms with Crippen LogP contribution in [0.2, 0.25) is 0 Å². The van der Waals surface area contributed by atoms with Crippen LogP contribution in [-0.4, -0.2) is 29.9 Å². The second-order valence-electron chi connectivity index (χ2n) is 11.8. The van der Waals surface area contributed by atoms with Gasteiger partial charge in [0.1, 0.15) is 0 Å². The fourth-order valence-corrected chi connectivity index (χ4v) is 5.84. The van der Waals surface area contributed by atoms with Crippen molar-refractivity contribution in [2.24, 2.45) is 0 Å². The van der Waals surface area contributed by atoms with E-state index >= 15 is 0 Å². The van der Waals surface area contributed by atoms with E-state index in [4.69, 9.17) is 19.9 Å². The van der Waals surface area contributed by atoms with Crippen molar-refractivity contribution in [3.8, 4) is 79.2 Å². The molecule has 0 amide bonds. The smallest absolute Gasteiger partial charge is 0.164 e. The van der Waals surface area contributed by atoms with Gasteiger partial charge in [0.15, 0.2) is 23.3 Å². The first kappa shape index (κ1) is 29.7. The molecule has 0 saturated carbocycles. The summed E-state index contributed by atoms with van der Waals surface area (Å²) in [5, 5.41) is 0. The quantitative estimate of drug-likeness (QED) is 0.174. The highest BCUT2D eigenvalue weighted by Gasteiger charge is 2.16. The number of rotatable bonds is 7. The maximum absolute atomic E-state index is 5.01. The Kier molecular flexibility index (Phi) is 8.02. The number of nitrogens with zero attached hydrogens (tertiary/aromatic N) is 6. The molecular formula is C43H30N6. The predicted octanol–water partition coefficient (Wildman–Crippen LogP) is 10.0. The molecule has 0 unspecified atom stereocenters. The van der Waals surface area contributed by atoms with E-state index in [0.29, 0.717) is 23.3 Å². The van der Waals surface area contributed by atoms with E-state index in [1.165, 1.54) is 0 Å². The second kappa shape index (κ2) is 13.2. The van der Waals surface area contributed by atoms with E-state index in [0.717, 1.165) is 61.5 Å². The fourth-order valence-electron chi connectivity index (χ4n) is 5.84. The highest BCUT2D eigenvalue weighted by molar-refractivity contribution is 5.80. The van der Waals surface area contributed by atoms with Gasteiger partial charge in [-0.2, -0.15) is 0 Å². The first-order valence-corrected chi connectivity index (χ1v) is 16.1. The minimum absolute atomic E-state index is 0.570.